The number of piperidine rings is 1. The smallest absolute Gasteiger partial charge is 0.327 e. The van der Waals surface area contributed by atoms with Crippen molar-refractivity contribution in [3.8, 4) is 17.2 Å². The molecule has 4 amide bonds. The molecule has 2 unspecified atom stereocenters. The van der Waals surface area contributed by atoms with Crippen LogP contribution in [0, 0.1) is 0 Å². The number of para-hydroxylation sites is 2. The van der Waals surface area contributed by atoms with Gasteiger partial charge in [-0.1, -0.05) is 18.2 Å². The Balaban J connectivity index is 1.36. The molecule has 0 aromatic heterocycles. The molecule has 2 N–H and O–H groups in total. The van der Waals surface area contributed by atoms with Crippen LogP contribution in [0.4, 0.5) is 10.5 Å². The topological polar surface area (TPSA) is 109 Å². The average Bonchev–Trinajstić information content (AvgIpc) is 3.33. The van der Waals surface area contributed by atoms with Gasteiger partial charge in [0.15, 0.2) is 11.5 Å². The molecule has 3 heterocycles. The Bertz CT molecular complexity index is 1120. The predicted molar refractivity (Wildman–Crippen MR) is 122 cm³/mol. The number of imide groups is 1. The number of rotatable bonds is 6. The van der Waals surface area contributed by atoms with Crippen LogP contribution >= 0.6 is 0 Å². The summed E-state index contributed by atoms with van der Waals surface area (Å²) in [5.41, 5.74) is 1.25. The zero-order valence-electron chi connectivity index (χ0n) is 18.8. The zero-order valence-corrected chi connectivity index (χ0v) is 18.8. The molecule has 10 nitrogen and oxygen atoms in total. The minimum absolute atomic E-state index is 0.0732. The van der Waals surface area contributed by atoms with Crippen molar-refractivity contribution in [1.82, 2.24) is 15.1 Å². The summed E-state index contributed by atoms with van der Waals surface area (Å²) in [5, 5.41) is 6.06. The van der Waals surface area contributed by atoms with Gasteiger partial charge in [0, 0.05) is 0 Å². The maximum absolute atomic E-state index is 13.5. The van der Waals surface area contributed by atoms with Crippen LogP contribution in [-0.4, -0.2) is 66.7 Å². The second kappa shape index (κ2) is 9.22. The van der Waals surface area contributed by atoms with Crippen molar-refractivity contribution >= 4 is 23.5 Å². The number of anilines is 1. The fraction of sp³-hybridized carbons (Fsp3) is 0.375. The highest BCUT2D eigenvalue weighted by molar-refractivity contribution is 6.03. The number of hydrogen-bond acceptors (Lipinski definition) is 7. The zero-order chi connectivity index (χ0) is 23.7. The van der Waals surface area contributed by atoms with Gasteiger partial charge < -0.3 is 29.7 Å². The van der Waals surface area contributed by atoms with Crippen LogP contribution in [0.2, 0.25) is 0 Å². The van der Waals surface area contributed by atoms with Crippen LogP contribution in [0.1, 0.15) is 18.4 Å². The third-order valence-electron chi connectivity index (χ3n) is 6.31. The van der Waals surface area contributed by atoms with Crippen LogP contribution in [0.15, 0.2) is 42.5 Å². The van der Waals surface area contributed by atoms with Crippen LogP contribution in [0.5, 0.6) is 17.2 Å². The number of amides is 4. The number of carbonyl (C=O) groups is 3. The van der Waals surface area contributed by atoms with Gasteiger partial charge in [0.1, 0.15) is 18.3 Å². The van der Waals surface area contributed by atoms with E-state index >= 15 is 0 Å². The fourth-order valence-corrected chi connectivity index (χ4v) is 4.66. The lowest BCUT2D eigenvalue weighted by molar-refractivity contribution is -0.138. The molecular weight excluding hydrogens is 440 g/mol. The quantitative estimate of drug-likeness (QED) is 0.670. The first kappa shape index (κ1) is 22.0. The van der Waals surface area contributed by atoms with Crippen LogP contribution < -0.4 is 24.8 Å². The van der Waals surface area contributed by atoms with Gasteiger partial charge in [-0.05, 0) is 49.2 Å². The SMILES string of the molecule is COc1ccccc1NC(=O)CN1C(=O)N(Cc2ccc3c(c2)OCO3)C(=O)C2NCCCC21. The van der Waals surface area contributed by atoms with Crippen molar-refractivity contribution < 1.29 is 28.6 Å². The third-order valence-corrected chi connectivity index (χ3v) is 6.31. The molecule has 0 radical (unpaired) electrons. The van der Waals surface area contributed by atoms with Crippen LogP contribution in [-0.2, 0) is 16.1 Å². The Morgan fingerprint density at radius 2 is 2.00 bits per heavy atom. The lowest BCUT2D eigenvalue weighted by atomic mass is 9.93. The van der Waals surface area contributed by atoms with Gasteiger partial charge >= 0.3 is 6.03 Å². The van der Waals surface area contributed by atoms with Crippen molar-refractivity contribution in [3.05, 3.63) is 48.0 Å². The highest BCUT2D eigenvalue weighted by atomic mass is 16.7. The summed E-state index contributed by atoms with van der Waals surface area (Å²) < 4.78 is 16.1. The number of fused-ring (bicyclic) bond motifs is 2. The molecule has 0 bridgehead atoms. The van der Waals surface area contributed by atoms with Crippen molar-refractivity contribution in [2.75, 3.05) is 32.3 Å². The Kier molecular flexibility index (Phi) is 5.97. The lowest BCUT2D eigenvalue weighted by Crippen LogP contribution is -2.70. The standard InChI is InChI=1S/C24H26N4O6/c1-32-18-7-3-2-5-16(18)26-21(29)13-27-17-6-4-10-25-22(17)23(30)28(24(27)31)12-15-8-9-19-20(11-15)34-14-33-19/h2-3,5,7-9,11,17,22,25H,4,6,10,12-14H2,1H3,(H,26,29). The van der Waals surface area contributed by atoms with Crippen molar-refractivity contribution in [2.24, 2.45) is 0 Å². The monoisotopic (exact) mass is 466 g/mol. The first-order chi connectivity index (χ1) is 16.5. The number of carbonyl (C=O) groups excluding carboxylic acids is 3. The molecular formula is C24H26N4O6. The number of ether oxygens (including phenoxy) is 3. The number of urea groups is 1. The number of nitrogens with zero attached hydrogens (tertiary/aromatic N) is 2. The molecule has 0 aliphatic carbocycles. The van der Waals surface area contributed by atoms with Gasteiger partial charge in [-0.2, -0.15) is 0 Å². The molecule has 0 saturated carbocycles. The van der Waals surface area contributed by atoms with E-state index in [2.05, 4.69) is 10.6 Å². The summed E-state index contributed by atoms with van der Waals surface area (Å²) in [5.74, 6) is 1.09. The van der Waals surface area contributed by atoms with E-state index in [0.29, 0.717) is 35.9 Å². The van der Waals surface area contributed by atoms with Crippen LogP contribution in [0.3, 0.4) is 0 Å². The molecule has 2 aromatic rings. The Morgan fingerprint density at radius 3 is 2.85 bits per heavy atom. The van der Waals surface area contributed by atoms with Crippen molar-refractivity contribution in [3.63, 3.8) is 0 Å². The van der Waals surface area contributed by atoms with Gasteiger partial charge in [-0.3, -0.25) is 14.5 Å². The molecule has 2 atom stereocenters. The van der Waals surface area contributed by atoms with Crippen molar-refractivity contribution in [1.29, 1.82) is 0 Å². The normalized spacial score (nSPS) is 21.3. The summed E-state index contributed by atoms with van der Waals surface area (Å²) in [6, 6.07) is 11.0. The molecule has 34 heavy (non-hydrogen) atoms. The van der Waals surface area contributed by atoms with E-state index in [9.17, 15) is 14.4 Å². The molecule has 10 heteroatoms. The summed E-state index contributed by atoms with van der Waals surface area (Å²) in [7, 11) is 1.52. The van der Waals surface area contributed by atoms with E-state index in [1.165, 1.54) is 16.9 Å². The van der Waals surface area contributed by atoms with E-state index in [0.717, 1.165) is 12.0 Å². The predicted octanol–water partition coefficient (Wildman–Crippen LogP) is 1.95. The van der Waals surface area contributed by atoms with Crippen LogP contribution in [0.25, 0.3) is 0 Å². The Hall–Kier alpha value is -3.79. The van der Waals surface area contributed by atoms with E-state index < -0.39 is 12.1 Å². The number of methoxy groups -OCH3 is 1. The highest BCUT2D eigenvalue weighted by Gasteiger charge is 2.47. The van der Waals surface area contributed by atoms with E-state index in [-0.39, 0.29) is 37.7 Å². The Labute approximate surface area is 196 Å². The molecule has 2 aromatic carbocycles. The summed E-state index contributed by atoms with van der Waals surface area (Å²) >= 11 is 0. The molecule has 3 aliphatic heterocycles. The first-order valence-electron chi connectivity index (χ1n) is 11.2. The van der Waals surface area contributed by atoms with Gasteiger partial charge in [-0.15, -0.1) is 0 Å². The Morgan fingerprint density at radius 1 is 1.18 bits per heavy atom. The van der Waals surface area contributed by atoms with Gasteiger partial charge in [0.05, 0.1) is 25.4 Å². The third kappa shape index (κ3) is 4.12. The molecule has 3 aliphatic rings. The highest BCUT2D eigenvalue weighted by Crippen LogP contribution is 2.34. The molecule has 178 valence electrons. The maximum Gasteiger partial charge on any atom is 0.327 e. The van der Waals surface area contributed by atoms with Gasteiger partial charge in [0.25, 0.3) is 0 Å². The minimum atomic E-state index is -0.556. The summed E-state index contributed by atoms with van der Waals surface area (Å²) in [6.45, 7) is 0.720. The lowest BCUT2D eigenvalue weighted by Gasteiger charge is -2.46. The average molecular weight is 466 g/mol. The molecule has 2 saturated heterocycles. The summed E-state index contributed by atoms with van der Waals surface area (Å²) in [4.78, 5) is 42.4. The van der Waals surface area contributed by atoms with Crippen molar-refractivity contribution in [2.45, 2.75) is 31.5 Å². The molecule has 5 rings (SSSR count). The fourth-order valence-electron chi connectivity index (χ4n) is 4.66. The molecule has 2 fully saturated rings. The number of hydrogen-bond donors (Lipinski definition) is 2. The second-order valence-corrected chi connectivity index (χ2v) is 8.41. The van der Waals surface area contributed by atoms with E-state index in [4.69, 9.17) is 14.2 Å². The second-order valence-electron chi connectivity index (χ2n) is 8.41. The van der Waals surface area contributed by atoms with Gasteiger partial charge in [0.2, 0.25) is 18.6 Å². The maximum atomic E-state index is 13.5. The number of nitrogens with one attached hydrogen (secondary N) is 2. The van der Waals surface area contributed by atoms with E-state index in [1.807, 2.05) is 0 Å². The summed E-state index contributed by atoms with van der Waals surface area (Å²) in [6.07, 6.45) is 1.46. The first-order valence-corrected chi connectivity index (χ1v) is 11.2. The molecule has 0 spiro atoms. The van der Waals surface area contributed by atoms with E-state index in [1.54, 1.807) is 42.5 Å². The number of benzene rings is 2. The largest absolute Gasteiger partial charge is 0.495 e. The van der Waals surface area contributed by atoms with Gasteiger partial charge in [-0.25, -0.2) is 4.79 Å². The minimum Gasteiger partial charge on any atom is -0.495 e.